The first kappa shape index (κ1) is 14.4. The maximum atomic E-state index is 12.5. The van der Waals surface area contributed by atoms with Crippen molar-refractivity contribution in [2.24, 2.45) is 7.05 Å². The van der Waals surface area contributed by atoms with Gasteiger partial charge in [-0.05, 0) is 24.3 Å². The van der Waals surface area contributed by atoms with Crippen molar-refractivity contribution >= 4 is 34.1 Å². The van der Waals surface area contributed by atoms with Gasteiger partial charge in [-0.15, -0.1) is 0 Å². The minimum Gasteiger partial charge on any atom is -0.348 e. The van der Waals surface area contributed by atoms with Crippen molar-refractivity contribution in [3.63, 3.8) is 0 Å². The topological polar surface area (TPSA) is 51.1 Å². The summed E-state index contributed by atoms with van der Waals surface area (Å²) in [5.74, 6) is -0.436. The molecule has 1 heterocycles. The molecule has 3 rings (SSSR count). The third-order valence-corrected chi connectivity index (χ3v) is 3.73. The molecule has 1 amide bonds. The number of benzene rings is 2. The third kappa shape index (κ3) is 2.49. The fourth-order valence-corrected chi connectivity index (χ4v) is 2.71. The second-order valence-corrected chi connectivity index (χ2v) is 5.35. The molecule has 0 fully saturated rings. The summed E-state index contributed by atoms with van der Waals surface area (Å²) in [6.45, 7) is 0. The van der Waals surface area contributed by atoms with Crippen LogP contribution in [0.4, 0.5) is 5.69 Å². The number of hydrogen-bond donors (Lipinski definition) is 1. The number of fused-ring (bicyclic) bond motifs is 1. The van der Waals surface area contributed by atoms with Gasteiger partial charge in [-0.1, -0.05) is 35.9 Å². The largest absolute Gasteiger partial charge is 0.348 e. The zero-order valence-corrected chi connectivity index (χ0v) is 12.6. The molecule has 0 atom stereocenters. The van der Waals surface area contributed by atoms with Gasteiger partial charge < -0.3 is 9.88 Å². The van der Waals surface area contributed by atoms with Crippen molar-refractivity contribution in [3.8, 4) is 0 Å². The lowest BCUT2D eigenvalue weighted by atomic mass is 10.1. The van der Waals surface area contributed by atoms with E-state index in [1.807, 2.05) is 18.2 Å². The van der Waals surface area contributed by atoms with Crippen molar-refractivity contribution in [2.75, 3.05) is 5.32 Å². The molecule has 3 aromatic rings. The summed E-state index contributed by atoms with van der Waals surface area (Å²) in [5, 5.41) is 3.63. The predicted molar refractivity (Wildman–Crippen MR) is 88.6 cm³/mol. The Morgan fingerprint density at radius 2 is 1.82 bits per heavy atom. The number of rotatable bonds is 2. The van der Waals surface area contributed by atoms with Crippen molar-refractivity contribution in [3.05, 3.63) is 75.5 Å². The van der Waals surface area contributed by atoms with E-state index in [1.165, 1.54) is 6.20 Å². The van der Waals surface area contributed by atoms with E-state index < -0.39 is 5.91 Å². The highest BCUT2D eigenvalue weighted by Crippen LogP contribution is 2.21. The molecule has 1 aromatic heterocycles. The standard InChI is InChI=1S/C17H13ClN2O2/c1-20-10-13(17(22)19-11-6-3-2-4-7-11)16(21)12-8-5-9-14(18)15(12)20/h2-10H,1H3,(H,19,22). The monoisotopic (exact) mass is 312 g/mol. The first-order chi connectivity index (χ1) is 10.6. The summed E-state index contributed by atoms with van der Waals surface area (Å²) in [5.41, 5.74) is 1.01. The molecule has 0 saturated heterocycles. The highest BCUT2D eigenvalue weighted by Gasteiger charge is 2.15. The van der Waals surface area contributed by atoms with Gasteiger partial charge in [-0.3, -0.25) is 9.59 Å². The maximum absolute atomic E-state index is 12.5. The van der Waals surface area contributed by atoms with Crippen LogP contribution in [0, 0.1) is 0 Å². The second-order valence-electron chi connectivity index (χ2n) is 4.94. The third-order valence-electron chi connectivity index (χ3n) is 3.43. The lowest BCUT2D eigenvalue weighted by Crippen LogP contribution is -2.23. The maximum Gasteiger partial charge on any atom is 0.261 e. The Bertz CT molecular complexity index is 917. The summed E-state index contributed by atoms with van der Waals surface area (Å²) in [4.78, 5) is 24.9. The average Bonchev–Trinajstić information content (AvgIpc) is 2.51. The van der Waals surface area contributed by atoms with E-state index in [0.717, 1.165) is 0 Å². The first-order valence-electron chi connectivity index (χ1n) is 6.72. The molecule has 0 saturated carbocycles. The molecule has 22 heavy (non-hydrogen) atoms. The lowest BCUT2D eigenvalue weighted by molar-refractivity contribution is 0.102. The number of carbonyl (C=O) groups is 1. The predicted octanol–water partition coefficient (Wildman–Crippen LogP) is 3.44. The van der Waals surface area contributed by atoms with Crippen LogP contribution in [0.5, 0.6) is 0 Å². The molecular formula is C17H13ClN2O2. The van der Waals surface area contributed by atoms with Crippen LogP contribution in [0.3, 0.4) is 0 Å². The molecule has 0 spiro atoms. The van der Waals surface area contributed by atoms with Gasteiger partial charge in [0.25, 0.3) is 5.91 Å². The number of carbonyl (C=O) groups excluding carboxylic acids is 1. The number of aryl methyl sites for hydroxylation is 1. The normalized spacial score (nSPS) is 10.6. The van der Waals surface area contributed by atoms with Gasteiger partial charge >= 0.3 is 0 Å². The van der Waals surface area contributed by atoms with Gasteiger partial charge in [0.15, 0.2) is 0 Å². The Morgan fingerprint density at radius 1 is 1.09 bits per heavy atom. The number of anilines is 1. The van der Waals surface area contributed by atoms with Gasteiger partial charge in [0.2, 0.25) is 5.43 Å². The number of nitrogens with zero attached hydrogens (tertiary/aromatic N) is 1. The first-order valence-corrected chi connectivity index (χ1v) is 7.10. The molecule has 0 aliphatic carbocycles. The summed E-state index contributed by atoms with van der Waals surface area (Å²) < 4.78 is 1.69. The van der Waals surface area contributed by atoms with Crippen molar-refractivity contribution in [2.45, 2.75) is 0 Å². The Kier molecular flexibility index (Phi) is 3.69. The molecule has 0 radical (unpaired) electrons. The van der Waals surface area contributed by atoms with Crippen molar-refractivity contribution in [1.29, 1.82) is 0 Å². The van der Waals surface area contributed by atoms with Crippen LogP contribution < -0.4 is 10.7 Å². The highest BCUT2D eigenvalue weighted by atomic mass is 35.5. The Balaban J connectivity index is 2.10. The highest BCUT2D eigenvalue weighted by molar-refractivity contribution is 6.35. The molecule has 2 aromatic carbocycles. The van der Waals surface area contributed by atoms with E-state index in [0.29, 0.717) is 21.6 Å². The number of aromatic nitrogens is 1. The van der Waals surface area contributed by atoms with E-state index in [9.17, 15) is 9.59 Å². The van der Waals surface area contributed by atoms with E-state index in [2.05, 4.69) is 5.32 Å². The van der Waals surface area contributed by atoms with Crippen LogP contribution in [-0.4, -0.2) is 10.5 Å². The number of nitrogens with one attached hydrogen (secondary N) is 1. The SMILES string of the molecule is Cn1cc(C(=O)Nc2ccccc2)c(=O)c2cccc(Cl)c21. The van der Waals surface area contributed by atoms with Gasteiger partial charge in [0.1, 0.15) is 5.56 Å². The van der Waals surface area contributed by atoms with Gasteiger partial charge in [-0.25, -0.2) is 0 Å². The van der Waals surface area contributed by atoms with Gasteiger partial charge in [-0.2, -0.15) is 0 Å². The van der Waals surface area contributed by atoms with Crippen LogP contribution in [-0.2, 0) is 7.05 Å². The average molecular weight is 313 g/mol. The Labute approximate surface area is 132 Å². The van der Waals surface area contributed by atoms with Crippen LogP contribution >= 0.6 is 11.6 Å². The molecule has 0 aliphatic rings. The fraction of sp³-hybridized carbons (Fsp3) is 0.0588. The minimum atomic E-state index is -0.436. The number of amides is 1. The van der Waals surface area contributed by atoms with E-state index in [1.54, 1.807) is 41.9 Å². The summed E-state index contributed by atoms with van der Waals surface area (Å²) in [7, 11) is 1.76. The lowest BCUT2D eigenvalue weighted by Gasteiger charge is -2.10. The molecule has 1 N–H and O–H groups in total. The molecule has 5 heteroatoms. The molecular weight excluding hydrogens is 300 g/mol. The molecule has 0 aliphatic heterocycles. The van der Waals surface area contributed by atoms with Crippen LogP contribution in [0.2, 0.25) is 5.02 Å². The van der Waals surface area contributed by atoms with E-state index in [-0.39, 0.29) is 11.0 Å². The van der Waals surface area contributed by atoms with Crippen LogP contribution in [0.15, 0.2) is 59.5 Å². The smallest absolute Gasteiger partial charge is 0.261 e. The number of halogens is 1. The Morgan fingerprint density at radius 3 is 2.55 bits per heavy atom. The van der Waals surface area contributed by atoms with Gasteiger partial charge in [0, 0.05) is 24.3 Å². The Hall–Kier alpha value is -2.59. The number of pyridine rings is 1. The second kappa shape index (κ2) is 5.66. The summed E-state index contributed by atoms with van der Waals surface area (Å²) in [6, 6.07) is 14.1. The number of hydrogen-bond acceptors (Lipinski definition) is 2. The zero-order valence-electron chi connectivity index (χ0n) is 11.8. The molecule has 110 valence electrons. The fourth-order valence-electron chi connectivity index (χ4n) is 2.40. The molecule has 0 unspecified atom stereocenters. The van der Waals surface area contributed by atoms with Crippen LogP contribution in [0.1, 0.15) is 10.4 Å². The van der Waals surface area contributed by atoms with E-state index >= 15 is 0 Å². The molecule has 0 bridgehead atoms. The van der Waals surface area contributed by atoms with E-state index in [4.69, 9.17) is 11.6 Å². The van der Waals surface area contributed by atoms with Crippen molar-refractivity contribution < 1.29 is 4.79 Å². The minimum absolute atomic E-state index is 0.0844. The summed E-state index contributed by atoms with van der Waals surface area (Å²) >= 11 is 6.14. The van der Waals surface area contributed by atoms with Crippen molar-refractivity contribution in [1.82, 2.24) is 4.57 Å². The van der Waals surface area contributed by atoms with Gasteiger partial charge in [0.05, 0.1) is 10.5 Å². The zero-order chi connectivity index (χ0) is 15.7. The number of para-hydroxylation sites is 2. The summed E-state index contributed by atoms with van der Waals surface area (Å²) in [6.07, 6.45) is 1.51. The quantitative estimate of drug-likeness (QED) is 0.788. The molecule has 4 nitrogen and oxygen atoms in total. The van der Waals surface area contributed by atoms with Crippen LogP contribution in [0.25, 0.3) is 10.9 Å².